The van der Waals surface area contributed by atoms with E-state index in [0.717, 1.165) is 19.4 Å². The fourth-order valence-corrected chi connectivity index (χ4v) is 3.26. The second-order valence-corrected chi connectivity index (χ2v) is 6.85. The van der Waals surface area contributed by atoms with Gasteiger partial charge in [-0.2, -0.15) is 0 Å². The summed E-state index contributed by atoms with van der Waals surface area (Å²) in [7, 11) is -3.49. The summed E-state index contributed by atoms with van der Waals surface area (Å²) < 4.78 is 32.6. The molecule has 0 aliphatic rings. The molecule has 5 nitrogen and oxygen atoms in total. The molecule has 6 heteroatoms. The second-order valence-electron chi connectivity index (χ2n) is 5.16. The molecule has 0 heterocycles. The van der Waals surface area contributed by atoms with Crippen LogP contribution in [0.1, 0.15) is 33.6 Å². The molecule has 0 atom stereocenters. The normalized spacial score (nSPS) is 11.8. The summed E-state index contributed by atoms with van der Waals surface area (Å²) in [5.41, 5.74) is 0.602. The van der Waals surface area contributed by atoms with Gasteiger partial charge in [0.05, 0.1) is 12.3 Å². The Balaban J connectivity index is 2.63. The van der Waals surface area contributed by atoms with E-state index in [1.165, 1.54) is 0 Å². The maximum absolute atomic E-state index is 12.3. The van der Waals surface area contributed by atoms with Crippen LogP contribution in [-0.2, 0) is 14.8 Å². The highest BCUT2D eigenvalue weighted by atomic mass is 32.2. The monoisotopic (exact) mass is 314 g/mol. The smallest absolute Gasteiger partial charge is 0.242 e. The number of anilines is 1. The zero-order valence-electron chi connectivity index (χ0n) is 13.1. The van der Waals surface area contributed by atoms with Gasteiger partial charge in [0.25, 0.3) is 0 Å². The second kappa shape index (κ2) is 9.02. The molecule has 120 valence electrons. The van der Waals surface area contributed by atoms with Gasteiger partial charge < -0.3 is 10.1 Å². The number of benzene rings is 1. The van der Waals surface area contributed by atoms with Gasteiger partial charge in [-0.3, -0.25) is 0 Å². The number of rotatable bonds is 10. The van der Waals surface area contributed by atoms with E-state index in [9.17, 15) is 8.42 Å². The molecule has 0 saturated heterocycles. The summed E-state index contributed by atoms with van der Waals surface area (Å²) in [6.07, 6.45) is 2.15. The number of hydrogen-bond donors (Lipinski definition) is 2. The van der Waals surface area contributed by atoms with E-state index in [4.69, 9.17) is 4.74 Å². The van der Waals surface area contributed by atoms with Gasteiger partial charge in [0.2, 0.25) is 10.0 Å². The summed E-state index contributed by atoms with van der Waals surface area (Å²) in [4.78, 5) is 0.271. The Hall–Kier alpha value is -1.11. The number of unbranched alkanes of at least 4 members (excludes halogenated alkanes) is 1. The zero-order valence-corrected chi connectivity index (χ0v) is 13.9. The van der Waals surface area contributed by atoms with E-state index in [1.54, 1.807) is 32.0 Å². The number of ether oxygens (including phenoxy) is 1. The van der Waals surface area contributed by atoms with Gasteiger partial charge >= 0.3 is 0 Å². The van der Waals surface area contributed by atoms with E-state index in [-0.39, 0.29) is 10.9 Å². The molecule has 1 aromatic rings. The highest BCUT2D eigenvalue weighted by molar-refractivity contribution is 7.89. The molecule has 21 heavy (non-hydrogen) atoms. The average Bonchev–Trinajstić information content (AvgIpc) is 2.41. The Labute approximate surface area is 128 Å². The van der Waals surface area contributed by atoms with Crippen LogP contribution in [-0.4, -0.2) is 34.2 Å². The van der Waals surface area contributed by atoms with Crippen molar-refractivity contribution < 1.29 is 13.2 Å². The van der Waals surface area contributed by atoms with Crippen molar-refractivity contribution in [1.82, 2.24) is 4.72 Å². The number of nitrogens with one attached hydrogen (secondary N) is 2. The molecule has 0 bridgehead atoms. The number of hydrogen-bond acceptors (Lipinski definition) is 4. The molecule has 0 fully saturated rings. The van der Waals surface area contributed by atoms with Crippen molar-refractivity contribution in [3.05, 3.63) is 24.3 Å². The molecule has 0 saturated carbocycles. The van der Waals surface area contributed by atoms with E-state index in [0.29, 0.717) is 18.8 Å². The number of para-hydroxylation sites is 1. The van der Waals surface area contributed by atoms with Crippen molar-refractivity contribution in [2.45, 2.75) is 44.6 Å². The lowest BCUT2D eigenvalue weighted by Crippen LogP contribution is -2.30. The summed E-state index contributed by atoms with van der Waals surface area (Å²) in [6, 6.07) is 6.76. The van der Waals surface area contributed by atoms with Crippen LogP contribution >= 0.6 is 0 Å². The molecule has 1 rings (SSSR count). The number of sulfonamides is 1. The predicted octanol–water partition coefficient (Wildman–Crippen LogP) is 2.60. The van der Waals surface area contributed by atoms with Crippen LogP contribution in [0.2, 0.25) is 0 Å². The summed E-state index contributed by atoms with van der Waals surface area (Å²) >= 11 is 0. The predicted molar refractivity (Wildman–Crippen MR) is 86.1 cm³/mol. The van der Waals surface area contributed by atoms with Crippen LogP contribution in [0.4, 0.5) is 5.69 Å². The van der Waals surface area contributed by atoms with Crippen molar-refractivity contribution in [2.24, 2.45) is 0 Å². The van der Waals surface area contributed by atoms with Gasteiger partial charge in [-0.25, -0.2) is 13.1 Å². The highest BCUT2D eigenvalue weighted by Gasteiger charge is 2.18. The van der Waals surface area contributed by atoms with Crippen LogP contribution in [0.25, 0.3) is 0 Å². The largest absolute Gasteiger partial charge is 0.382 e. The minimum absolute atomic E-state index is 0.138. The van der Waals surface area contributed by atoms with Crippen LogP contribution in [0.3, 0.4) is 0 Å². The standard InChI is InChI=1S/C15H26N2O3S/c1-4-5-11-20-12-10-16-14-8-6-7-9-15(14)21(18,19)17-13(2)3/h6-9,13,16-17H,4-5,10-12H2,1-3H3. The Morgan fingerprint density at radius 2 is 1.90 bits per heavy atom. The lowest BCUT2D eigenvalue weighted by molar-refractivity contribution is 0.141. The first kappa shape index (κ1) is 17.9. The topological polar surface area (TPSA) is 67.4 Å². The molecule has 2 N–H and O–H groups in total. The molecular formula is C15H26N2O3S. The van der Waals surface area contributed by atoms with E-state index in [2.05, 4.69) is 17.0 Å². The third kappa shape index (κ3) is 6.46. The van der Waals surface area contributed by atoms with E-state index >= 15 is 0 Å². The molecule has 0 amide bonds. The summed E-state index contributed by atoms with van der Waals surface area (Å²) in [5.74, 6) is 0. The first-order valence-corrected chi connectivity index (χ1v) is 8.88. The first-order valence-electron chi connectivity index (χ1n) is 7.40. The lowest BCUT2D eigenvalue weighted by atomic mass is 10.3. The molecule has 0 aliphatic heterocycles. The molecule has 0 aromatic heterocycles. The minimum Gasteiger partial charge on any atom is -0.382 e. The summed E-state index contributed by atoms with van der Waals surface area (Å²) in [6.45, 7) is 7.60. The van der Waals surface area contributed by atoms with Gasteiger partial charge in [0.1, 0.15) is 4.90 Å². The Morgan fingerprint density at radius 1 is 1.19 bits per heavy atom. The molecule has 1 aromatic carbocycles. The Bertz CT molecular complexity index is 515. The van der Waals surface area contributed by atoms with E-state index in [1.807, 2.05) is 6.07 Å². The van der Waals surface area contributed by atoms with Crippen LogP contribution in [0, 0.1) is 0 Å². The van der Waals surface area contributed by atoms with E-state index < -0.39 is 10.0 Å². The molecule has 0 aliphatic carbocycles. The quantitative estimate of drug-likeness (QED) is 0.651. The Kier molecular flexibility index (Phi) is 7.71. The maximum Gasteiger partial charge on any atom is 0.242 e. The molecule has 0 spiro atoms. The Morgan fingerprint density at radius 3 is 2.57 bits per heavy atom. The third-order valence-corrected chi connectivity index (χ3v) is 4.49. The minimum atomic E-state index is -3.49. The van der Waals surface area contributed by atoms with Crippen molar-refractivity contribution >= 4 is 15.7 Å². The van der Waals surface area contributed by atoms with Crippen molar-refractivity contribution in [3.8, 4) is 0 Å². The van der Waals surface area contributed by atoms with Gasteiger partial charge in [-0.05, 0) is 32.4 Å². The average molecular weight is 314 g/mol. The molecular weight excluding hydrogens is 288 g/mol. The maximum atomic E-state index is 12.3. The fraction of sp³-hybridized carbons (Fsp3) is 0.600. The van der Waals surface area contributed by atoms with Crippen molar-refractivity contribution in [1.29, 1.82) is 0 Å². The molecule has 0 radical (unpaired) electrons. The molecule has 0 unspecified atom stereocenters. The van der Waals surface area contributed by atoms with Crippen LogP contribution < -0.4 is 10.0 Å². The van der Waals surface area contributed by atoms with Gasteiger partial charge in [-0.1, -0.05) is 25.5 Å². The first-order chi connectivity index (χ1) is 9.97. The highest BCUT2D eigenvalue weighted by Crippen LogP contribution is 2.20. The SMILES string of the molecule is CCCCOCCNc1ccccc1S(=O)(=O)NC(C)C. The van der Waals surface area contributed by atoms with Crippen molar-refractivity contribution in [3.63, 3.8) is 0 Å². The van der Waals surface area contributed by atoms with Gasteiger partial charge in [0, 0.05) is 19.2 Å². The van der Waals surface area contributed by atoms with Crippen molar-refractivity contribution in [2.75, 3.05) is 25.1 Å². The lowest BCUT2D eigenvalue weighted by Gasteiger charge is -2.14. The fourth-order valence-electron chi connectivity index (χ4n) is 1.83. The van der Waals surface area contributed by atoms with Crippen LogP contribution in [0.5, 0.6) is 0 Å². The zero-order chi connectivity index (χ0) is 15.7. The third-order valence-electron chi connectivity index (χ3n) is 2.77. The van der Waals surface area contributed by atoms with Gasteiger partial charge in [0.15, 0.2) is 0 Å². The van der Waals surface area contributed by atoms with Crippen LogP contribution in [0.15, 0.2) is 29.2 Å². The van der Waals surface area contributed by atoms with Gasteiger partial charge in [-0.15, -0.1) is 0 Å². The summed E-state index contributed by atoms with van der Waals surface area (Å²) in [5, 5.41) is 3.13.